The number of carbonyl (C=O) groups is 1. The molecule has 0 aromatic rings. The lowest BCUT2D eigenvalue weighted by molar-refractivity contribution is 0.0280. The van der Waals surface area contributed by atoms with Gasteiger partial charge in [-0.05, 0) is 33.6 Å². The number of hydrogen-bond donors (Lipinski definition) is 1. The van der Waals surface area contributed by atoms with E-state index in [4.69, 9.17) is 9.47 Å². The third-order valence-electron chi connectivity index (χ3n) is 1.61. The lowest BCUT2D eigenvalue weighted by Crippen LogP contribution is -2.38. The normalized spacial score (nSPS) is 22.8. The van der Waals surface area contributed by atoms with Crippen LogP contribution in [0.2, 0.25) is 0 Å². The summed E-state index contributed by atoms with van der Waals surface area (Å²) in [5, 5.41) is 2.65. The SMILES string of the molecule is CC(C)(C)OC(=O)N[C@@H]1CCCO1. The first-order chi connectivity index (χ1) is 5.97. The lowest BCUT2D eigenvalue weighted by atomic mass is 10.2. The molecule has 1 atom stereocenters. The average Bonchev–Trinajstić information content (AvgIpc) is 2.34. The molecule has 1 heterocycles. The Kier molecular flexibility index (Phi) is 3.14. The molecular formula is C9H17NO3. The van der Waals surface area contributed by atoms with Crippen molar-refractivity contribution in [2.75, 3.05) is 6.61 Å². The average molecular weight is 187 g/mol. The van der Waals surface area contributed by atoms with E-state index in [1.54, 1.807) is 0 Å². The largest absolute Gasteiger partial charge is 0.444 e. The van der Waals surface area contributed by atoms with Crippen LogP contribution < -0.4 is 5.32 Å². The van der Waals surface area contributed by atoms with Crippen LogP contribution >= 0.6 is 0 Å². The minimum Gasteiger partial charge on any atom is -0.444 e. The van der Waals surface area contributed by atoms with E-state index in [1.165, 1.54) is 0 Å². The number of hydrogen-bond acceptors (Lipinski definition) is 3. The van der Waals surface area contributed by atoms with Gasteiger partial charge in [0.1, 0.15) is 11.8 Å². The van der Waals surface area contributed by atoms with Gasteiger partial charge >= 0.3 is 6.09 Å². The fraction of sp³-hybridized carbons (Fsp3) is 0.889. The van der Waals surface area contributed by atoms with E-state index in [2.05, 4.69) is 5.32 Å². The van der Waals surface area contributed by atoms with Gasteiger partial charge in [0.2, 0.25) is 0 Å². The van der Waals surface area contributed by atoms with E-state index in [0.29, 0.717) is 0 Å². The van der Waals surface area contributed by atoms with Crippen LogP contribution in [0.25, 0.3) is 0 Å². The Bertz CT molecular complexity index is 180. The highest BCUT2D eigenvalue weighted by atomic mass is 16.6. The zero-order valence-corrected chi connectivity index (χ0v) is 8.42. The van der Waals surface area contributed by atoms with Crippen LogP contribution in [0.1, 0.15) is 33.6 Å². The molecule has 0 aromatic heterocycles. The number of amides is 1. The molecule has 1 saturated heterocycles. The molecule has 1 N–H and O–H groups in total. The summed E-state index contributed by atoms with van der Waals surface area (Å²) in [7, 11) is 0. The van der Waals surface area contributed by atoms with Crippen LogP contribution in [0.3, 0.4) is 0 Å². The van der Waals surface area contributed by atoms with Crippen molar-refractivity contribution in [3.05, 3.63) is 0 Å². The van der Waals surface area contributed by atoms with Gasteiger partial charge in [-0.1, -0.05) is 0 Å². The second-order valence-corrected chi connectivity index (χ2v) is 4.15. The van der Waals surface area contributed by atoms with E-state index in [9.17, 15) is 4.79 Å². The number of alkyl carbamates (subject to hydrolysis) is 1. The fourth-order valence-electron chi connectivity index (χ4n) is 1.13. The van der Waals surface area contributed by atoms with Gasteiger partial charge in [-0.3, -0.25) is 5.32 Å². The lowest BCUT2D eigenvalue weighted by Gasteiger charge is -2.21. The summed E-state index contributed by atoms with van der Waals surface area (Å²) >= 11 is 0. The van der Waals surface area contributed by atoms with Gasteiger partial charge in [0, 0.05) is 6.61 Å². The molecule has 4 nitrogen and oxygen atoms in total. The second kappa shape index (κ2) is 3.96. The maximum Gasteiger partial charge on any atom is 0.409 e. The maximum absolute atomic E-state index is 11.2. The third kappa shape index (κ3) is 4.12. The summed E-state index contributed by atoms with van der Waals surface area (Å²) in [5.74, 6) is 0. The Morgan fingerprint density at radius 3 is 2.69 bits per heavy atom. The Morgan fingerprint density at radius 2 is 2.23 bits per heavy atom. The molecular weight excluding hydrogens is 170 g/mol. The molecule has 76 valence electrons. The van der Waals surface area contributed by atoms with Gasteiger partial charge in [-0.25, -0.2) is 4.79 Å². The smallest absolute Gasteiger partial charge is 0.409 e. The quantitative estimate of drug-likeness (QED) is 0.679. The number of carbonyl (C=O) groups excluding carboxylic acids is 1. The number of rotatable bonds is 1. The van der Waals surface area contributed by atoms with Crippen molar-refractivity contribution in [3.8, 4) is 0 Å². The highest BCUT2D eigenvalue weighted by molar-refractivity contribution is 5.67. The van der Waals surface area contributed by atoms with Crippen molar-refractivity contribution in [2.24, 2.45) is 0 Å². The Morgan fingerprint density at radius 1 is 1.54 bits per heavy atom. The van der Waals surface area contributed by atoms with E-state index in [-0.39, 0.29) is 6.23 Å². The van der Waals surface area contributed by atoms with Crippen molar-refractivity contribution < 1.29 is 14.3 Å². The molecule has 0 unspecified atom stereocenters. The van der Waals surface area contributed by atoms with Crippen molar-refractivity contribution in [1.82, 2.24) is 5.32 Å². The molecule has 1 aliphatic heterocycles. The van der Waals surface area contributed by atoms with Crippen LogP contribution in [0.15, 0.2) is 0 Å². The molecule has 1 aliphatic rings. The molecule has 0 aliphatic carbocycles. The molecule has 1 fully saturated rings. The maximum atomic E-state index is 11.2. The fourth-order valence-corrected chi connectivity index (χ4v) is 1.13. The second-order valence-electron chi connectivity index (χ2n) is 4.15. The first kappa shape index (κ1) is 10.3. The molecule has 0 saturated carbocycles. The number of ether oxygens (including phenoxy) is 2. The van der Waals surface area contributed by atoms with E-state index in [1.807, 2.05) is 20.8 Å². The van der Waals surface area contributed by atoms with Crippen molar-refractivity contribution in [3.63, 3.8) is 0 Å². The van der Waals surface area contributed by atoms with Gasteiger partial charge in [0.25, 0.3) is 0 Å². The summed E-state index contributed by atoms with van der Waals surface area (Å²) in [4.78, 5) is 11.2. The summed E-state index contributed by atoms with van der Waals surface area (Å²) in [6.07, 6.45) is 1.31. The molecule has 13 heavy (non-hydrogen) atoms. The molecule has 1 rings (SSSR count). The highest BCUT2D eigenvalue weighted by Gasteiger charge is 2.21. The van der Waals surface area contributed by atoms with Crippen LogP contribution in [0.4, 0.5) is 4.79 Å². The predicted octanol–water partition coefficient (Wildman–Crippen LogP) is 1.65. The molecule has 0 radical (unpaired) electrons. The van der Waals surface area contributed by atoms with E-state index < -0.39 is 11.7 Å². The zero-order valence-electron chi connectivity index (χ0n) is 8.42. The van der Waals surface area contributed by atoms with Crippen molar-refractivity contribution >= 4 is 6.09 Å². The van der Waals surface area contributed by atoms with Crippen LogP contribution in [-0.2, 0) is 9.47 Å². The minimum atomic E-state index is -0.442. The van der Waals surface area contributed by atoms with Gasteiger partial charge < -0.3 is 9.47 Å². The Balaban J connectivity index is 2.24. The molecule has 1 amide bonds. The monoisotopic (exact) mass is 187 g/mol. The van der Waals surface area contributed by atoms with Crippen LogP contribution in [0, 0.1) is 0 Å². The van der Waals surface area contributed by atoms with E-state index in [0.717, 1.165) is 19.4 Å². The summed E-state index contributed by atoms with van der Waals surface area (Å²) in [6, 6.07) is 0. The van der Waals surface area contributed by atoms with Gasteiger partial charge in [-0.15, -0.1) is 0 Å². The van der Waals surface area contributed by atoms with Gasteiger partial charge in [-0.2, -0.15) is 0 Å². The molecule has 0 spiro atoms. The van der Waals surface area contributed by atoms with Crippen molar-refractivity contribution in [2.45, 2.75) is 45.4 Å². The predicted molar refractivity (Wildman–Crippen MR) is 48.3 cm³/mol. The highest BCUT2D eigenvalue weighted by Crippen LogP contribution is 2.11. The first-order valence-corrected chi connectivity index (χ1v) is 4.58. The summed E-state index contributed by atoms with van der Waals surface area (Å²) < 4.78 is 10.3. The van der Waals surface area contributed by atoms with E-state index >= 15 is 0 Å². The Labute approximate surface area is 78.6 Å². The zero-order chi connectivity index (χ0) is 9.90. The van der Waals surface area contributed by atoms with Crippen LogP contribution in [0.5, 0.6) is 0 Å². The van der Waals surface area contributed by atoms with Crippen molar-refractivity contribution in [1.29, 1.82) is 0 Å². The topological polar surface area (TPSA) is 47.6 Å². The third-order valence-corrected chi connectivity index (χ3v) is 1.61. The van der Waals surface area contributed by atoms with Gasteiger partial charge in [0.15, 0.2) is 0 Å². The van der Waals surface area contributed by atoms with Crippen LogP contribution in [-0.4, -0.2) is 24.5 Å². The standard InChI is InChI=1S/C9H17NO3/c1-9(2,3)13-8(11)10-7-5-4-6-12-7/h7H,4-6H2,1-3H3,(H,10,11)/t7-/m0/s1. The van der Waals surface area contributed by atoms with Gasteiger partial charge in [0.05, 0.1) is 0 Å². The summed E-state index contributed by atoms with van der Waals surface area (Å²) in [6.45, 7) is 6.23. The number of nitrogens with one attached hydrogen (secondary N) is 1. The molecule has 0 aromatic carbocycles. The Hall–Kier alpha value is -0.770. The summed E-state index contributed by atoms with van der Waals surface area (Å²) in [5.41, 5.74) is -0.442. The first-order valence-electron chi connectivity index (χ1n) is 4.58. The minimum absolute atomic E-state index is 0.158. The molecule has 0 bridgehead atoms. The molecule has 4 heteroatoms.